The quantitative estimate of drug-likeness (QED) is 0.430. The molecule has 1 spiro atoms. The molecule has 1 saturated heterocycles. The number of carboxylic acids is 1. The van der Waals surface area contributed by atoms with E-state index in [1.165, 1.54) is 16.3 Å². The van der Waals surface area contributed by atoms with E-state index in [1.807, 2.05) is 0 Å². The lowest BCUT2D eigenvalue weighted by atomic mass is 9.80. The third-order valence-electron chi connectivity index (χ3n) is 8.85. The number of hydrogen-bond acceptors (Lipinski definition) is 4. The van der Waals surface area contributed by atoms with E-state index < -0.39 is 23.8 Å². The monoisotopic (exact) mass is 527 g/mol. The van der Waals surface area contributed by atoms with Crippen LogP contribution in [-0.4, -0.2) is 39.5 Å². The summed E-state index contributed by atoms with van der Waals surface area (Å²) in [6, 6.07) is 11.3. The molecular weight excluding hydrogens is 495 g/mol. The summed E-state index contributed by atoms with van der Waals surface area (Å²) in [5.74, 6) is 0.0971. The molecule has 2 aromatic carbocycles. The molecule has 9 heteroatoms. The van der Waals surface area contributed by atoms with E-state index in [-0.39, 0.29) is 16.9 Å². The number of fused-ring (bicyclic) bond motifs is 2. The van der Waals surface area contributed by atoms with Crippen LogP contribution in [-0.2, 0) is 24.4 Å². The molecule has 2 atom stereocenters. The number of halogens is 3. The number of nitrogens with zero attached hydrogens (tertiary/aromatic N) is 3. The van der Waals surface area contributed by atoms with Gasteiger partial charge in [0.25, 0.3) is 0 Å². The second-order valence-electron chi connectivity index (χ2n) is 11.3. The lowest BCUT2D eigenvalue weighted by molar-refractivity contribution is -0.142. The molecule has 38 heavy (non-hydrogen) atoms. The summed E-state index contributed by atoms with van der Waals surface area (Å²) in [5.41, 5.74) is 2.44. The normalized spacial score (nSPS) is 20.7. The zero-order chi connectivity index (χ0) is 26.8. The van der Waals surface area contributed by atoms with Gasteiger partial charge in [-0.15, -0.1) is 0 Å². The maximum absolute atomic E-state index is 13.4. The predicted octanol–water partition coefficient (Wildman–Crippen LogP) is 6.17. The van der Waals surface area contributed by atoms with Crippen molar-refractivity contribution in [2.45, 2.75) is 63.1 Å². The molecule has 1 unspecified atom stereocenters. The van der Waals surface area contributed by atoms with Crippen molar-refractivity contribution in [2.75, 3.05) is 18.0 Å². The van der Waals surface area contributed by atoms with E-state index in [1.54, 1.807) is 26.1 Å². The number of piperidine rings is 1. The highest BCUT2D eigenvalue weighted by atomic mass is 19.4. The van der Waals surface area contributed by atoms with Crippen molar-refractivity contribution in [1.29, 1.82) is 0 Å². The number of ether oxygens (including phenoxy) is 1. The zero-order valence-corrected chi connectivity index (χ0v) is 21.6. The van der Waals surface area contributed by atoms with E-state index >= 15 is 0 Å². The number of anilines is 1. The fraction of sp³-hybridized carbons (Fsp3) is 0.517. The van der Waals surface area contributed by atoms with E-state index in [9.17, 15) is 23.1 Å². The van der Waals surface area contributed by atoms with Crippen molar-refractivity contribution >= 4 is 22.6 Å². The van der Waals surface area contributed by atoms with Crippen molar-refractivity contribution in [3.8, 4) is 5.75 Å². The van der Waals surface area contributed by atoms with E-state index in [0.29, 0.717) is 11.4 Å². The summed E-state index contributed by atoms with van der Waals surface area (Å²) in [6.07, 6.45) is 1.11. The minimum atomic E-state index is -4.49. The summed E-state index contributed by atoms with van der Waals surface area (Å²) < 4.78 is 48.1. The van der Waals surface area contributed by atoms with Crippen LogP contribution in [0.15, 0.2) is 36.4 Å². The number of aliphatic carboxylic acids is 1. The fourth-order valence-corrected chi connectivity index (χ4v) is 6.48. The summed E-state index contributed by atoms with van der Waals surface area (Å²) >= 11 is 0. The molecule has 2 fully saturated rings. The van der Waals surface area contributed by atoms with Gasteiger partial charge in [-0.2, -0.15) is 18.3 Å². The highest BCUT2D eigenvalue weighted by molar-refractivity contribution is 5.86. The number of aryl methyl sites for hydroxylation is 2. The number of rotatable bonds is 5. The zero-order valence-electron chi connectivity index (χ0n) is 21.6. The van der Waals surface area contributed by atoms with E-state index in [0.717, 1.165) is 68.6 Å². The molecule has 202 valence electrons. The second-order valence-corrected chi connectivity index (χ2v) is 11.3. The van der Waals surface area contributed by atoms with Gasteiger partial charge in [-0.1, -0.05) is 19.1 Å². The number of benzene rings is 2. The van der Waals surface area contributed by atoms with Gasteiger partial charge in [0.05, 0.1) is 11.4 Å². The maximum Gasteiger partial charge on any atom is 0.435 e. The lowest BCUT2D eigenvalue weighted by Gasteiger charge is -2.45. The number of aromatic nitrogens is 2. The first-order chi connectivity index (χ1) is 18.0. The van der Waals surface area contributed by atoms with Gasteiger partial charge in [0.2, 0.25) is 0 Å². The summed E-state index contributed by atoms with van der Waals surface area (Å²) in [6.45, 7) is 3.28. The maximum atomic E-state index is 13.4. The van der Waals surface area contributed by atoms with Crippen LogP contribution in [0.5, 0.6) is 5.75 Å². The first-order valence-corrected chi connectivity index (χ1v) is 13.4. The average Bonchev–Trinajstić information content (AvgIpc) is 3.66. The van der Waals surface area contributed by atoms with Gasteiger partial charge in [0.15, 0.2) is 5.69 Å². The Hall–Kier alpha value is -3.23. The Bertz CT molecular complexity index is 1390. The third-order valence-corrected chi connectivity index (χ3v) is 8.85. The van der Waals surface area contributed by atoms with Gasteiger partial charge in [0, 0.05) is 44.1 Å². The molecule has 1 saturated carbocycles. The standard InChI is InChI=1S/C29H32F3N3O3/c1-17(27(36)37)25(19-4-5-19)20-6-3-18-9-10-28(38-24(18)15-20)11-13-35(14-12-28)21-7-8-22-23(16-21)34(2)33-26(22)29(30,31)32/h3,6-8,15-17,19,25H,4-5,9-14H2,1-2H3,(H,36,37)/t17-,25?/m0/s1. The number of carboxylic acid groups (broad SMARTS) is 1. The first kappa shape index (κ1) is 25.1. The average molecular weight is 528 g/mol. The van der Waals surface area contributed by atoms with E-state index in [2.05, 4.69) is 28.2 Å². The van der Waals surface area contributed by atoms with E-state index in [4.69, 9.17) is 4.74 Å². The molecule has 1 N–H and O–H groups in total. The summed E-state index contributed by atoms with van der Waals surface area (Å²) in [4.78, 5) is 14.0. The Morgan fingerprint density at radius 3 is 2.53 bits per heavy atom. The minimum absolute atomic E-state index is 0.000838. The topological polar surface area (TPSA) is 67.6 Å². The summed E-state index contributed by atoms with van der Waals surface area (Å²) in [5, 5.41) is 13.5. The van der Waals surface area contributed by atoms with Crippen LogP contribution in [0.2, 0.25) is 0 Å². The van der Waals surface area contributed by atoms with Crippen LogP contribution in [0.4, 0.5) is 18.9 Å². The van der Waals surface area contributed by atoms with Gasteiger partial charge < -0.3 is 14.7 Å². The van der Waals surface area contributed by atoms with Crippen LogP contribution in [0, 0.1) is 11.8 Å². The van der Waals surface area contributed by atoms with Crippen molar-refractivity contribution < 1.29 is 27.8 Å². The molecule has 3 aromatic rings. The Kier molecular flexibility index (Phi) is 5.88. The summed E-state index contributed by atoms with van der Waals surface area (Å²) in [7, 11) is 1.54. The van der Waals surface area contributed by atoms with Crippen LogP contribution < -0.4 is 9.64 Å². The Morgan fingerprint density at radius 2 is 1.87 bits per heavy atom. The highest BCUT2D eigenvalue weighted by Crippen LogP contribution is 2.49. The minimum Gasteiger partial charge on any atom is -0.487 e. The van der Waals surface area contributed by atoms with Crippen molar-refractivity contribution in [3.63, 3.8) is 0 Å². The van der Waals surface area contributed by atoms with Crippen LogP contribution in [0.1, 0.15) is 61.8 Å². The van der Waals surface area contributed by atoms with Crippen molar-refractivity contribution in [2.24, 2.45) is 18.9 Å². The Morgan fingerprint density at radius 1 is 1.13 bits per heavy atom. The molecule has 0 amide bonds. The van der Waals surface area contributed by atoms with Crippen LogP contribution >= 0.6 is 0 Å². The molecule has 6 rings (SSSR count). The molecule has 1 aliphatic carbocycles. The molecular formula is C29H32F3N3O3. The molecule has 3 aliphatic rings. The van der Waals surface area contributed by atoms with Crippen LogP contribution in [0.25, 0.3) is 10.9 Å². The Labute approximate surface area is 219 Å². The van der Waals surface area contributed by atoms with Crippen LogP contribution in [0.3, 0.4) is 0 Å². The number of alkyl halides is 3. The smallest absolute Gasteiger partial charge is 0.435 e. The number of hydrogen-bond donors (Lipinski definition) is 1. The number of carbonyl (C=O) groups is 1. The van der Waals surface area contributed by atoms with Crippen molar-refractivity contribution in [3.05, 3.63) is 53.2 Å². The second kappa shape index (κ2) is 8.92. The largest absolute Gasteiger partial charge is 0.487 e. The lowest BCUT2D eigenvalue weighted by Crippen LogP contribution is -2.49. The molecule has 0 bridgehead atoms. The molecule has 2 aliphatic heterocycles. The molecule has 1 aromatic heterocycles. The van der Waals surface area contributed by atoms with Gasteiger partial charge in [-0.3, -0.25) is 9.48 Å². The van der Waals surface area contributed by atoms with Gasteiger partial charge in [-0.25, -0.2) is 0 Å². The highest BCUT2D eigenvalue weighted by Gasteiger charge is 2.42. The molecule has 3 heterocycles. The molecule has 0 radical (unpaired) electrons. The Balaban J connectivity index is 1.19. The van der Waals surface area contributed by atoms with Gasteiger partial charge in [0.1, 0.15) is 11.4 Å². The third kappa shape index (κ3) is 4.39. The van der Waals surface area contributed by atoms with Gasteiger partial charge >= 0.3 is 12.1 Å². The first-order valence-electron chi connectivity index (χ1n) is 13.4. The van der Waals surface area contributed by atoms with Crippen molar-refractivity contribution in [1.82, 2.24) is 9.78 Å². The predicted molar refractivity (Wildman–Crippen MR) is 138 cm³/mol. The fourth-order valence-electron chi connectivity index (χ4n) is 6.48. The SMILES string of the molecule is C[C@H](C(=O)O)C(c1ccc2c(c1)OC1(CC2)CCN(c2ccc3c(C(F)(F)F)nn(C)c3c2)CC1)C1CC1. The van der Waals surface area contributed by atoms with Gasteiger partial charge in [-0.05, 0) is 72.9 Å². The molecule has 6 nitrogen and oxygen atoms in total.